The van der Waals surface area contributed by atoms with Gasteiger partial charge in [0.15, 0.2) is 11.0 Å². The van der Waals surface area contributed by atoms with Gasteiger partial charge in [-0.2, -0.15) is 0 Å². The number of amides is 1. The average molecular weight is 408 g/mol. The molecule has 6 nitrogen and oxygen atoms in total. The zero-order valence-corrected chi connectivity index (χ0v) is 16.1. The van der Waals surface area contributed by atoms with E-state index in [0.717, 1.165) is 5.56 Å². The summed E-state index contributed by atoms with van der Waals surface area (Å²) in [5.41, 5.74) is 1.59. The topological polar surface area (TPSA) is 73.0 Å². The van der Waals surface area contributed by atoms with Crippen LogP contribution >= 0.6 is 11.8 Å². The number of thioether (sulfide) groups is 1. The summed E-state index contributed by atoms with van der Waals surface area (Å²) in [6, 6.07) is 19.2. The van der Waals surface area contributed by atoms with Gasteiger partial charge in [0.05, 0.1) is 18.6 Å². The largest absolute Gasteiger partial charge is 0.467 e. The molecule has 146 valence electrons. The Kier molecular flexibility index (Phi) is 5.71. The van der Waals surface area contributed by atoms with Crippen molar-refractivity contribution in [3.8, 4) is 17.1 Å². The molecule has 0 saturated heterocycles. The maximum Gasteiger partial charge on any atom is 0.230 e. The van der Waals surface area contributed by atoms with E-state index in [0.29, 0.717) is 29.0 Å². The van der Waals surface area contributed by atoms with Crippen LogP contribution in [0.3, 0.4) is 0 Å². The van der Waals surface area contributed by atoms with Crippen LogP contribution in [0.15, 0.2) is 82.6 Å². The van der Waals surface area contributed by atoms with Gasteiger partial charge in [-0.15, -0.1) is 10.2 Å². The molecule has 0 fully saturated rings. The van der Waals surface area contributed by atoms with E-state index in [-0.39, 0.29) is 17.5 Å². The number of benzene rings is 2. The van der Waals surface area contributed by atoms with E-state index in [4.69, 9.17) is 4.42 Å². The minimum atomic E-state index is -0.324. The van der Waals surface area contributed by atoms with Gasteiger partial charge in [0, 0.05) is 11.3 Å². The Morgan fingerprint density at radius 1 is 1.03 bits per heavy atom. The zero-order chi connectivity index (χ0) is 20.1. The first kappa shape index (κ1) is 18.9. The number of halogens is 1. The summed E-state index contributed by atoms with van der Waals surface area (Å²) in [6.07, 6.45) is 1.56. The number of carbonyl (C=O) groups excluding carboxylic acids is 1. The molecule has 0 saturated carbocycles. The second-order valence-electron chi connectivity index (χ2n) is 6.13. The number of rotatable bonds is 7. The standard InChI is InChI=1S/C21H17FN4O2S/c22-16-8-10-17(11-9-16)26-20(15-5-2-1-3-6-15)24-25-21(26)29-14-19(27)23-13-18-7-4-12-28-18/h1-12H,13-14H2,(H,23,27). The Morgan fingerprint density at radius 3 is 2.55 bits per heavy atom. The van der Waals surface area contributed by atoms with Crippen LogP contribution in [0.5, 0.6) is 0 Å². The predicted octanol–water partition coefficient (Wildman–Crippen LogP) is 4.07. The number of hydrogen-bond donors (Lipinski definition) is 1. The van der Waals surface area contributed by atoms with E-state index in [2.05, 4.69) is 15.5 Å². The molecule has 0 aliphatic heterocycles. The van der Waals surface area contributed by atoms with Gasteiger partial charge in [-0.3, -0.25) is 9.36 Å². The SMILES string of the molecule is O=C(CSc1nnc(-c2ccccc2)n1-c1ccc(F)cc1)NCc1ccco1. The van der Waals surface area contributed by atoms with E-state index in [1.807, 2.05) is 34.9 Å². The van der Waals surface area contributed by atoms with E-state index in [1.54, 1.807) is 30.5 Å². The first-order chi connectivity index (χ1) is 14.2. The summed E-state index contributed by atoms with van der Waals surface area (Å²) in [5, 5.41) is 11.9. The first-order valence-corrected chi connectivity index (χ1v) is 9.88. The Hall–Kier alpha value is -3.39. The van der Waals surface area contributed by atoms with E-state index < -0.39 is 0 Å². The van der Waals surface area contributed by atoms with Crippen molar-refractivity contribution in [2.75, 3.05) is 5.75 Å². The average Bonchev–Trinajstić information content (AvgIpc) is 3.42. The number of nitrogens with zero attached hydrogens (tertiary/aromatic N) is 3. The van der Waals surface area contributed by atoms with Crippen LogP contribution in [-0.4, -0.2) is 26.4 Å². The summed E-state index contributed by atoms with van der Waals surface area (Å²) in [6.45, 7) is 0.326. The predicted molar refractivity (Wildman–Crippen MR) is 108 cm³/mol. The molecule has 4 aromatic rings. The molecule has 0 aliphatic carbocycles. The summed E-state index contributed by atoms with van der Waals surface area (Å²) >= 11 is 1.26. The Bertz CT molecular complexity index is 1080. The molecule has 0 radical (unpaired) electrons. The monoisotopic (exact) mass is 408 g/mol. The molecule has 2 aromatic carbocycles. The van der Waals surface area contributed by atoms with Crippen molar-refractivity contribution in [2.45, 2.75) is 11.7 Å². The summed E-state index contributed by atoms with van der Waals surface area (Å²) in [4.78, 5) is 12.2. The normalized spacial score (nSPS) is 10.8. The number of nitrogens with one attached hydrogen (secondary N) is 1. The Balaban J connectivity index is 1.55. The minimum Gasteiger partial charge on any atom is -0.467 e. The highest BCUT2D eigenvalue weighted by Gasteiger charge is 2.17. The summed E-state index contributed by atoms with van der Waals surface area (Å²) in [7, 11) is 0. The lowest BCUT2D eigenvalue weighted by Gasteiger charge is -2.10. The zero-order valence-electron chi connectivity index (χ0n) is 15.3. The lowest BCUT2D eigenvalue weighted by molar-refractivity contribution is -0.118. The Labute approximate surface area is 170 Å². The first-order valence-electron chi connectivity index (χ1n) is 8.89. The van der Waals surface area contributed by atoms with Crippen molar-refractivity contribution in [1.29, 1.82) is 0 Å². The number of furan rings is 1. The molecule has 1 N–H and O–H groups in total. The third-order valence-corrected chi connectivity index (χ3v) is 5.05. The molecule has 0 spiro atoms. The molecular weight excluding hydrogens is 391 g/mol. The van der Waals surface area contributed by atoms with Crippen molar-refractivity contribution < 1.29 is 13.6 Å². The smallest absolute Gasteiger partial charge is 0.230 e. The van der Waals surface area contributed by atoms with Crippen LogP contribution in [0, 0.1) is 5.82 Å². The van der Waals surface area contributed by atoms with Gasteiger partial charge >= 0.3 is 0 Å². The minimum absolute atomic E-state index is 0.152. The van der Waals surface area contributed by atoms with Crippen molar-refractivity contribution in [3.63, 3.8) is 0 Å². The van der Waals surface area contributed by atoms with Gasteiger partial charge in [0.25, 0.3) is 0 Å². The van der Waals surface area contributed by atoms with E-state index in [1.165, 1.54) is 23.9 Å². The Morgan fingerprint density at radius 2 is 1.83 bits per heavy atom. The van der Waals surface area contributed by atoms with Crippen LogP contribution < -0.4 is 5.32 Å². The van der Waals surface area contributed by atoms with Crippen LogP contribution in [0.1, 0.15) is 5.76 Å². The highest BCUT2D eigenvalue weighted by Crippen LogP contribution is 2.28. The molecule has 0 unspecified atom stereocenters. The third kappa shape index (κ3) is 4.55. The number of hydrogen-bond acceptors (Lipinski definition) is 5. The molecule has 2 heterocycles. The number of carbonyl (C=O) groups is 1. The highest BCUT2D eigenvalue weighted by atomic mass is 32.2. The molecule has 0 bridgehead atoms. The fourth-order valence-electron chi connectivity index (χ4n) is 2.74. The molecular formula is C21H17FN4O2S. The second kappa shape index (κ2) is 8.74. The van der Waals surface area contributed by atoms with Gasteiger partial charge < -0.3 is 9.73 Å². The van der Waals surface area contributed by atoms with Crippen LogP contribution in [0.4, 0.5) is 4.39 Å². The van der Waals surface area contributed by atoms with E-state index >= 15 is 0 Å². The maximum absolute atomic E-state index is 13.4. The van der Waals surface area contributed by atoms with Crippen molar-refractivity contribution in [3.05, 3.63) is 84.6 Å². The molecule has 29 heavy (non-hydrogen) atoms. The quantitative estimate of drug-likeness (QED) is 0.467. The summed E-state index contributed by atoms with van der Waals surface area (Å²) in [5.74, 6) is 0.991. The lowest BCUT2D eigenvalue weighted by atomic mass is 10.2. The highest BCUT2D eigenvalue weighted by molar-refractivity contribution is 7.99. The van der Waals surface area contributed by atoms with Crippen molar-refractivity contribution >= 4 is 17.7 Å². The van der Waals surface area contributed by atoms with Gasteiger partial charge in [-0.1, -0.05) is 42.1 Å². The third-order valence-electron chi connectivity index (χ3n) is 4.12. The molecule has 1 amide bonds. The maximum atomic E-state index is 13.4. The molecule has 4 rings (SSSR count). The fourth-order valence-corrected chi connectivity index (χ4v) is 3.52. The lowest BCUT2D eigenvalue weighted by Crippen LogP contribution is -2.24. The summed E-state index contributed by atoms with van der Waals surface area (Å²) < 4.78 is 20.4. The van der Waals surface area contributed by atoms with Crippen LogP contribution in [-0.2, 0) is 11.3 Å². The van der Waals surface area contributed by atoms with Crippen molar-refractivity contribution in [1.82, 2.24) is 20.1 Å². The van der Waals surface area contributed by atoms with Gasteiger partial charge in [-0.05, 0) is 36.4 Å². The molecule has 2 aromatic heterocycles. The second-order valence-corrected chi connectivity index (χ2v) is 7.07. The van der Waals surface area contributed by atoms with Crippen LogP contribution in [0.25, 0.3) is 17.1 Å². The van der Waals surface area contributed by atoms with Crippen LogP contribution in [0.2, 0.25) is 0 Å². The number of aromatic nitrogens is 3. The van der Waals surface area contributed by atoms with Crippen molar-refractivity contribution in [2.24, 2.45) is 0 Å². The molecule has 0 atom stereocenters. The van der Waals surface area contributed by atoms with Gasteiger partial charge in [0.2, 0.25) is 5.91 Å². The molecule has 0 aliphatic rings. The van der Waals surface area contributed by atoms with Gasteiger partial charge in [0.1, 0.15) is 11.6 Å². The van der Waals surface area contributed by atoms with E-state index in [9.17, 15) is 9.18 Å². The molecule has 8 heteroatoms. The fraction of sp³-hybridized carbons (Fsp3) is 0.0952. The van der Waals surface area contributed by atoms with Gasteiger partial charge in [-0.25, -0.2) is 4.39 Å².